The lowest BCUT2D eigenvalue weighted by Crippen LogP contribution is -2.00. The summed E-state index contributed by atoms with van der Waals surface area (Å²) in [6.07, 6.45) is 1.15. The summed E-state index contributed by atoms with van der Waals surface area (Å²) in [7, 11) is 0. The van der Waals surface area contributed by atoms with Crippen LogP contribution in [0.1, 0.15) is 12.8 Å². The average molecular weight is 192 g/mol. The van der Waals surface area contributed by atoms with Gasteiger partial charge in [0.2, 0.25) is 0 Å². The molecule has 0 fully saturated rings. The van der Waals surface area contributed by atoms with Crippen molar-refractivity contribution in [3.63, 3.8) is 0 Å². The molecule has 0 aliphatic heterocycles. The summed E-state index contributed by atoms with van der Waals surface area (Å²) < 4.78 is 0. The van der Waals surface area contributed by atoms with E-state index in [-0.39, 0.29) is 12.8 Å². The zero-order valence-corrected chi connectivity index (χ0v) is 7.46. The number of hydrogen-bond donors (Lipinski definition) is 3. The topological polar surface area (TPSA) is 74.6 Å². The van der Waals surface area contributed by atoms with Crippen molar-refractivity contribution in [3.8, 4) is 0 Å². The van der Waals surface area contributed by atoms with Gasteiger partial charge < -0.3 is 10.2 Å². The van der Waals surface area contributed by atoms with Crippen LogP contribution < -0.4 is 0 Å². The Balaban J connectivity index is 0. The van der Waals surface area contributed by atoms with Crippen molar-refractivity contribution < 1.29 is 19.8 Å². The van der Waals surface area contributed by atoms with Gasteiger partial charge in [-0.25, -0.2) is 0 Å². The van der Waals surface area contributed by atoms with Crippen molar-refractivity contribution >= 4 is 24.6 Å². The zero-order chi connectivity index (χ0) is 9.98. The van der Waals surface area contributed by atoms with Crippen LogP contribution in [0.2, 0.25) is 0 Å². The Bertz CT molecular complexity index is 141. The van der Waals surface area contributed by atoms with Crippen LogP contribution in [0.25, 0.3) is 0 Å². The number of thiol groups is 1. The fourth-order valence-electron chi connectivity index (χ4n) is 0.214. The third kappa shape index (κ3) is 23.0. The fraction of sp³-hybridized carbons (Fsp3) is 0.429. The molecule has 0 unspecified atom stereocenters. The number of hydrogen-bond acceptors (Lipinski definition) is 3. The third-order valence-electron chi connectivity index (χ3n) is 0.682. The maximum atomic E-state index is 9.64. The predicted molar refractivity (Wildman–Crippen MR) is 48.6 cm³/mol. The number of carboxylic acids is 2. The maximum Gasteiger partial charge on any atom is 0.303 e. The van der Waals surface area contributed by atoms with E-state index in [9.17, 15) is 9.59 Å². The molecule has 0 spiro atoms. The number of carbonyl (C=O) groups is 2. The molecule has 0 saturated heterocycles. The summed E-state index contributed by atoms with van der Waals surface area (Å²) in [4.78, 5) is 19.3. The molecule has 5 heteroatoms. The molecule has 0 rings (SSSR count). The predicted octanol–water partition coefficient (Wildman–Crippen LogP) is 1.04. The van der Waals surface area contributed by atoms with Crippen molar-refractivity contribution in [3.05, 3.63) is 12.7 Å². The van der Waals surface area contributed by atoms with E-state index in [0.29, 0.717) is 0 Å². The van der Waals surface area contributed by atoms with Crippen molar-refractivity contribution in [1.29, 1.82) is 0 Å². The van der Waals surface area contributed by atoms with Crippen LogP contribution in [0.15, 0.2) is 12.7 Å². The molecule has 2 N–H and O–H groups in total. The lowest BCUT2D eigenvalue weighted by atomic mass is 10.3. The van der Waals surface area contributed by atoms with Gasteiger partial charge in [0.05, 0.1) is 12.8 Å². The fourth-order valence-corrected chi connectivity index (χ4v) is 0.214. The first-order chi connectivity index (χ1) is 5.54. The molecule has 0 saturated carbocycles. The van der Waals surface area contributed by atoms with Crippen LogP contribution >= 0.6 is 12.6 Å². The molecule has 0 radical (unpaired) electrons. The molecular weight excluding hydrogens is 180 g/mol. The molecule has 4 nitrogen and oxygen atoms in total. The quantitative estimate of drug-likeness (QED) is 0.459. The zero-order valence-electron chi connectivity index (χ0n) is 6.56. The second kappa shape index (κ2) is 10.0. The number of rotatable bonds is 4. The highest BCUT2D eigenvalue weighted by Gasteiger charge is 2.00. The van der Waals surface area contributed by atoms with Crippen molar-refractivity contribution in [1.82, 2.24) is 0 Å². The molecule has 0 aromatic rings. The minimum absolute atomic E-state index is 0.296. The van der Waals surface area contributed by atoms with E-state index in [4.69, 9.17) is 10.2 Å². The lowest BCUT2D eigenvalue weighted by molar-refractivity contribution is -0.143. The average Bonchev–Trinajstić information content (AvgIpc) is 2.01. The summed E-state index contributed by atoms with van der Waals surface area (Å²) >= 11 is 3.80. The smallest absolute Gasteiger partial charge is 0.303 e. The molecule has 0 aliphatic carbocycles. The van der Waals surface area contributed by atoms with Crippen molar-refractivity contribution in [2.75, 3.05) is 5.75 Å². The normalized spacial score (nSPS) is 7.75. The number of carboxylic acid groups (broad SMARTS) is 2. The van der Waals surface area contributed by atoms with E-state index in [0.717, 1.165) is 5.75 Å². The highest BCUT2D eigenvalue weighted by molar-refractivity contribution is 7.80. The van der Waals surface area contributed by atoms with Crippen LogP contribution in [0.3, 0.4) is 0 Å². The Kier molecular flexibility index (Phi) is 11.4. The molecule has 0 bridgehead atoms. The molecule has 0 aromatic heterocycles. The summed E-state index contributed by atoms with van der Waals surface area (Å²) in [5.74, 6) is -1.38. The van der Waals surface area contributed by atoms with E-state index in [1.807, 2.05) is 0 Å². The molecule has 0 amide bonds. The molecular formula is C7H12O4S. The summed E-state index contributed by atoms with van der Waals surface area (Å²) in [6.45, 7) is 3.40. The second-order valence-corrected chi connectivity index (χ2v) is 2.12. The molecule has 12 heavy (non-hydrogen) atoms. The van der Waals surface area contributed by atoms with E-state index < -0.39 is 11.9 Å². The summed E-state index contributed by atoms with van der Waals surface area (Å²) in [6, 6.07) is 0. The third-order valence-corrected chi connectivity index (χ3v) is 0.940. The van der Waals surface area contributed by atoms with E-state index in [2.05, 4.69) is 19.2 Å². The Labute approximate surface area is 76.3 Å². The van der Waals surface area contributed by atoms with Crippen LogP contribution in [0.5, 0.6) is 0 Å². The van der Waals surface area contributed by atoms with Gasteiger partial charge in [-0.15, -0.1) is 6.58 Å². The van der Waals surface area contributed by atoms with Gasteiger partial charge in [0.15, 0.2) is 0 Å². The first-order valence-corrected chi connectivity index (χ1v) is 3.83. The van der Waals surface area contributed by atoms with Gasteiger partial charge in [-0.3, -0.25) is 9.59 Å². The summed E-state index contributed by atoms with van der Waals surface area (Å²) in [5, 5.41) is 15.8. The SMILES string of the molecule is C=CCS.O=C(O)CCC(=O)O. The minimum Gasteiger partial charge on any atom is -0.481 e. The van der Waals surface area contributed by atoms with Gasteiger partial charge in [0, 0.05) is 5.75 Å². The van der Waals surface area contributed by atoms with Crippen molar-refractivity contribution in [2.24, 2.45) is 0 Å². The monoisotopic (exact) mass is 192 g/mol. The van der Waals surface area contributed by atoms with Gasteiger partial charge in [-0.05, 0) is 0 Å². The largest absolute Gasteiger partial charge is 0.481 e. The Hall–Kier alpha value is -0.970. The second-order valence-electron chi connectivity index (χ2n) is 1.76. The van der Waals surface area contributed by atoms with Crippen LogP contribution in [0, 0.1) is 0 Å². The highest BCUT2D eigenvalue weighted by atomic mass is 32.1. The summed E-state index contributed by atoms with van der Waals surface area (Å²) in [5.41, 5.74) is 0. The molecule has 0 heterocycles. The van der Waals surface area contributed by atoms with Crippen LogP contribution in [0.4, 0.5) is 0 Å². The maximum absolute atomic E-state index is 9.64. The molecule has 70 valence electrons. The van der Waals surface area contributed by atoms with Gasteiger partial charge in [0.1, 0.15) is 0 Å². The molecule has 0 aromatic carbocycles. The van der Waals surface area contributed by atoms with E-state index in [1.54, 1.807) is 6.08 Å². The van der Waals surface area contributed by atoms with Gasteiger partial charge in [0.25, 0.3) is 0 Å². The Morgan fingerprint density at radius 2 is 1.50 bits per heavy atom. The highest BCUT2D eigenvalue weighted by Crippen LogP contribution is 1.86. The van der Waals surface area contributed by atoms with Crippen molar-refractivity contribution in [2.45, 2.75) is 12.8 Å². The standard InChI is InChI=1S/C4H6O4.C3H6S/c5-3(6)1-2-4(7)8;1-2-3-4/h1-2H2,(H,5,6)(H,7,8);2,4H,1,3H2. The number of aliphatic carboxylic acids is 2. The van der Waals surface area contributed by atoms with Crippen LogP contribution in [-0.4, -0.2) is 27.9 Å². The lowest BCUT2D eigenvalue weighted by Gasteiger charge is -1.85. The first-order valence-electron chi connectivity index (χ1n) is 3.20. The Morgan fingerprint density at radius 1 is 1.25 bits per heavy atom. The van der Waals surface area contributed by atoms with E-state index >= 15 is 0 Å². The molecule has 0 aliphatic rings. The van der Waals surface area contributed by atoms with Gasteiger partial charge in [-0.2, -0.15) is 12.6 Å². The Morgan fingerprint density at radius 3 is 1.58 bits per heavy atom. The first kappa shape index (κ1) is 13.6. The molecule has 0 atom stereocenters. The van der Waals surface area contributed by atoms with Gasteiger partial charge in [-0.1, -0.05) is 6.08 Å². The van der Waals surface area contributed by atoms with Gasteiger partial charge >= 0.3 is 11.9 Å². The van der Waals surface area contributed by atoms with Crippen LogP contribution in [-0.2, 0) is 9.59 Å². The minimum atomic E-state index is -1.08. The van der Waals surface area contributed by atoms with E-state index in [1.165, 1.54) is 0 Å².